The third-order valence-electron chi connectivity index (χ3n) is 6.26. The van der Waals surface area contributed by atoms with Gasteiger partial charge >= 0.3 is 0 Å². The zero-order valence-electron chi connectivity index (χ0n) is 21.8. The van der Waals surface area contributed by atoms with Gasteiger partial charge in [0.2, 0.25) is 17.7 Å². The largest absolute Gasteiger partial charge is 0.508 e. The fraction of sp³-hybridized carbons (Fsp3) is 0.276. The molecule has 9 nitrogen and oxygen atoms in total. The van der Waals surface area contributed by atoms with E-state index in [2.05, 4.69) is 5.32 Å². The molecule has 1 heterocycles. The molecular formula is C29H31N3O6S. The molecule has 3 aromatic rings. The number of aromatic hydroxyl groups is 1. The van der Waals surface area contributed by atoms with Gasteiger partial charge in [-0.2, -0.15) is 0 Å². The van der Waals surface area contributed by atoms with E-state index in [1.807, 2.05) is 25.1 Å². The van der Waals surface area contributed by atoms with Gasteiger partial charge in [0.1, 0.15) is 11.1 Å². The number of carbonyl (C=O) groups is 3. The predicted molar refractivity (Wildman–Crippen MR) is 150 cm³/mol. The minimum absolute atomic E-state index is 0.00307. The zero-order chi connectivity index (χ0) is 27.9. The fourth-order valence-corrected chi connectivity index (χ4v) is 5.80. The summed E-state index contributed by atoms with van der Waals surface area (Å²) in [5.41, 5.74) is 8.01. The summed E-state index contributed by atoms with van der Waals surface area (Å²) in [5, 5.41) is 11.6. The van der Waals surface area contributed by atoms with Crippen molar-refractivity contribution in [2.24, 2.45) is 5.73 Å². The molecule has 0 aliphatic carbocycles. The molecule has 204 valence electrons. The van der Waals surface area contributed by atoms with Crippen molar-refractivity contribution in [3.8, 4) is 17.2 Å². The Labute approximate surface area is 231 Å². The number of primary amides is 1. The summed E-state index contributed by atoms with van der Waals surface area (Å²) in [5.74, 6) is 0.325. The molecule has 1 aliphatic rings. The van der Waals surface area contributed by atoms with Crippen LogP contribution < -0.4 is 25.4 Å². The van der Waals surface area contributed by atoms with Gasteiger partial charge < -0.3 is 25.6 Å². The first-order valence-electron chi connectivity index (χ1n) is 12.5. The molecule has 4 N–H and O–H groups in total. The maximum Gasteiger partial charge on any atom is 0.248 e. The monoisotopic (exact) mass is 549 g/mol. The SMILES string of the molecule is CCOc1cc(CCNC(=O)C[C@H]2S[C@@H](c3ccc(O)cc3)N(c3cccc(C(N)=O)c3)C2=O)ccc1OC. The van der Waals surface area contributed by atoms with Crippen LogP contribution in [0.25, 0.3) is 0 Å². The maximum atomic E-state index is 13.6. The molecule has 39 heavy (non-hydrogen) atoms. The Balaban J connectivity index is 1.45. The highest BCUT2D eigenvalue weighted by Gasteiger charge is 2.42. The van der Waals surface area contributed by atoms with Crippen molar-refractivity contribution in [3.63, 3.8) is 0 Å². The number of benzene rings is 3. The van der Waals surface area contributed by atoms with Crippen LogP contribution in [0.5, 0.6) is 17.2 Å². The predicted octanol–water partition coefficient (Wildman–Crippen LogP) is 3.79. The molecule has 0 aromatic heterocycles. The molecule has 0 unspecified atom stereocenters. The number of anilines is 1. The van der Waals surface area contributed by atoms with Crippen molar-refractivity contribution in [1.82, 2.24) is 5.32 Å². The molecule has 0 radical (unpaired) electrons. The molecule has 1 saturated heterocycles. The van der Waals surface area contributed by atoms with Crippen LogP contribution >= 0.6 is 11.8 Å². The van der Waals surface area contributed by atoms with Crippen LogP contribution in [-0.2, 0) is 16.0 Å². The van der Waals surface area contributed by atoms with E-state index in [1.54, 1.807) is 60.5 Å². The number of amides is 3. The Morgan fingerprint density at radius 2 is 1.85 bits per heavy atom. The van der Waals surface area contributed by atoms with E-state index < -0.39 is 16.5 Å². The highest BCUT2D eigenvalue weighted by Crippen LogP contribution is 2.47. The second-order valence-corrected chi connectivity index (χ2v) is 10.2. The van der Waals surface area contributed by atoms with Gasteiger partial charge in [-0.15, -0.1) is 11.8 Å². The van der Waals surface area contributed by atoms with Crippen LogP contribution in [0.3, 0.4) is 0 Å². The lowest BCUT2D eigenvalue weighted by atomic mass is 10.1. The summed E-state index contributed by atoms with van der Waals surface area (Å²) in [6, 6.07) is 18.8. The molecule has 3 amide bonds. The van der Waals surface area contributed by atoms with Gasteiger partial charge in [0, 0.05) is 24.2 Å². The summed E-state index contributed by atoms with van der Waals surface area (Å²) < 4.78 is 10.9. The second kappa shape index (κ2) is 12.6. The van der Waals surface area contributed by atoms with E-state index in [9.17, 15) is 19.5 Å². The van der Waals surface area contributed by atoms with Crippen LogP contribution in [0.1, 0.15) is 40.2 Å². The van der Waals surface area contributed by atoms with Crippen molar-refractivity contribution in [3.05, 3.63) is 83.4 Å². The molecule has 0 spiro atoms. The summed E-state index contributed by atoms with van der Waals surface area (Å²) >= 11 is 1.35. The lowest BCUT2D eigenvalue weighted by Crippen LogP contribution is -2.34. The molecular weight excluding hydrogens is 518 g/mol. The van der Waals surface area contributed by atoms with E-state index in [-0.39, 0.29) is 29.5 Å². The molecule has 1 fully saturated rings. The Hall–Kier alpha value is -4.18. The minimum atomic E-state index is -0.633. The number of phenols is 1. The second-order valence-electron chi connectivity index (χ2n) is 8.91. The van der Waals surface area contributed by atoms with Gasteiger partial charge in [0.25, 0.3) is 0 Å². The summed E-state index contributed by atoms with van der Waals surface area (Å²) in [4.78, 5) is 39.7. The van der Waals surface area contributed by atoms with Crippen LogP contribution in [0, 0.1) is 0 Å². The van der Waals surface area contributed by atoms with Crippen molar-refractivity contribution in [2.45, 2.75) is 30.4 Å². The first kappa shape index (κ1) is 27.8. The smallest absolute Gasteiger partial charge is 0.248 e. The van der Waals surface area contributed by atoms with E-state index in [0.29, 0.717) is 36.8 Å². The van der Waals surface area contributed by atoms with Crippen LogP contribution in [0.4, 0.5) is 5.69 Å². The fourth-order valence-electron chi connectivity index (χ4n) is 4.35. The summed E-state index contributed by atoms with van der Waals surface area (Å²) in [6.45, 7) is 2.81. The number of thioether (sulfide) groups is 1. The topological polar surface area (TPSA) is 131 Å². The standard InChI is InChI=1S/C29H31N3O6S/c1-3-38-24-15-18(7-12-23(24)37-2)13-14-31-26(34)17-25-28(36)32(21-6-4-5-20(16-21)27(30)35)29(39-25)19-8-10-22(33)11-9-19/h4-12,15-16,25,29,33H,3,13-14,17H2,1-2H3,(H2,30,35)(H,31,34)/t25-,29+/m1/s1. The third kappa shape index (κ3) is 6.64. The van der Waals surface area contributed by atoms with Gasteiger partial charge in [-0.1, -0.05) is 24.3 Å². The normalized spacial score (nSPS) is 16.7. The van der Waals surface area contributed by atoms with Gasteiger partial charge in [-0.25, -0.2) is 0 Å². The lowest BCUT2D eigenvalue weighted by molar-refractivity contribution is -0.124. The maximum absolute atomic E-state index is 13.6. The first-order valence-corrected chi connectivity index (χ1v) is 13.5. The Bertz CT molecular complexity index is 1350. The molecule has 0 saturated carbocycles. The molecule has 4 rings (SSSR count). The number of nitrogens with two attached hydrogens (primary N) is 1. The number of rotatable bonds is 11. The van der Waals surface area contributed by atoms with Crippen molar-refractivity contribution < 1.29 is 29.0 Å². The third-order valence-corrected chi connectivity index (χ3v) is 7.70. The molecule has 3 aromatic carbocycles. The van der Waals surface area contributed by atoms with Crippen LogP contribution in [0.15, 0.2) is 66.7 Å². The first-order chi connectivity index (χ1) is 18.8. The van der Waals surface area contributed by atoms with E-state index in [1.165, 1.54) is 11.8 Å². The summed E-state index contributed by atoms with van der Waals surface area (Å²) in [6.07, 6.45) is 0.584. The quantitative estimate of drug-likeness (QED) is 0.332. The average Bonchev–Trinajstić information content (AvgIpc) is 3.25. The number of phenolic OH excluding ortho intramolecular Hbond substituents is 1. The summed E-state index contributed by atoms with van der Waals surface area (Å²) in [7, 11) is 1.59. The molecule has 10 heteroatoms. The van der Waals surface area contributed by atoms with Gasteiger partial charge in [0.05, 0.1) is 19.0 Å². The number of methoxy groups -OCH3 is 1. The van der Waals surface area contributed by atoms with Gasteiger partial charge in [-0.3, -0.25) is 19.3 Å². The van der Waals surface area contributed by atoms with Crippen molar-refractivity contribution in [1.29, 1.82) is 0 Å². The Morgan fingerprint density at radius 1 is 1.08 bits per heavy atom. The van der Waals surface area contributed by atoms with Crippen molar-refractivity contribution >= 4 is 35.2 Å². The van der Waals surface area contributed by atoms with Crippen LogP contribution in [0.2, 0.25) is 0 Å². The Kier molecular flexibility index (Phi) is 8.98. The number of carbonyl (C=O) groups excluding carboxylic acids is 3. The Morgan fingerprint density at radius 3 is 2.54 bits per heavy atom. The van der Waals surface area contributed by atoms with E-state index >= 15 is 0 Å². The number of ether oxygens (including phenoxy) is 2. The van der Waals surface area contributed by atoms with Crippen LogP contribution in [-0.4, -0.2) is 48.3 Å². The lowest BCUT2D eigenvalue weighted by Gasteiger charge is -2.24. The minimum Gasteiger partial charge on any atom is -0.508 e. The molecule has 0 bridgehead atoms. The number of nitrogens with zero attached hydrogens (tertiary/aromatic N) is 1. The van der Waals surface area contributed by atoms with Crippen molar-refractivity contribution in [2.75, 3.05) is 25.2 Å². The average molecular weight is 550 g/mol. The number of hydrogen-bond acceptors (Lipinski definition) is 7. The number of hydrogen-bond donors (Lipinski definition) is 3. The highest BCUT2D eigenvalue weighted by atomic mass is 32.2. The van der Waals surface area contributed by atoms with Gasteiger partial charge in [0.15, 0.2) is 11.5 Å². The van der Waals surface area contributed by atoms with Gasteiger partial charge in [-0.05, 0) is 66.9 Å². The molecule has 2 atom stereocenters. The number of nitrogens with one attached hydrogen (secondary N) is 1. The van der Waals surface area contributed by atoms with E-state index in [4.69, 9.17) is 15.2 Å². The molecule has 1 aliphatic heterocycles. The zero-order valence-corrected chi connectivity index (χ0v) is 22.6. The highest BCUT2D eigenvalue weighted by molar-refractivity contribution is 8.01. The van der Waals surface area contributed by atoms with E-state index in [0.717, 1.165) is 11.1 Å².